The first-order valence-electron chi connectivity index (χ1n) is 8.45. The predicted molar refractivity (Wildman–Crippen MR) is 123 cm³/mol. The van der Waals surface area contributed by atoms with Gasteiger partial charge >= 0.3 is 0 Å². The third-order valence-corrected chi connectivity index (χ3v) is 6.26. The van der Waals surface area contributed by atoms with Crippen LogP contribution in [0.2, 0.25) is 0 Å². The number of nitrogens with zero attached hydrogens (tertiary/aromatic N) is 1. The van der Waals surface area contributed by atoms with Crippen LogP contribution in [0, 0.1) is 5.41 Å². The minimum atomic E-state index is -0.761. The number of hydrogen-bond donors (Lipinski definition) is 4. The fourth-order valence-electron chi connectivity index (χ4n) is 3.06. The van der Waals surface area contributed by atoms with Crippen molar-refractivity contribution < 1.29 is 0 Å². The Balaban J connectivity index is 0.00000225. The average molecular weight is 430 g/mol. The molecule has 5 nitrogen and oxygen atoms in total. The number of anilines is 3. The summed E-state index contributed by atoms with van der Waals surface area (Å²) in [6.45, 7) is 0. The van der Waals surface area contributed by atoms with Crippen LogP contribution in [0.3, 0.4) is 0 Å². The van der Waals surface area contributed by atoms with Gasteiger partial charge in [0.15, 0.2) is 4.87 Å². The highest BCUT2D eigenvalue weighted by Crippen LogP contribution is 2.47. The zero-order chi connectivity index (χ0) is 18.7. The van der Waals surface area contributed by atoms with E-state index in [1.54, 1.807) is 16.8 Å². The van der Waals surface area contributed by atoms with E-state index in [9.17, 15) is 0 Å². The summed E-state index contributed by atoms with van der Waals surface area (Å²) in [5.74, 6) is -0.00430. The molecule has 2 aromatic carbocycles. The van der Waals surface area contributed by atoms with E-state index in [2.05, 4.69) is 21.7 Å². The highest BCUT2D eigenvalue weighted by atomic mass is 35.5. The normalized spacial score (nSPS) is 20.4. The highest BCUT2D eigenvalue weighted by Gasteiger charge is 2.46. The molecule has 28 heavy (non-hydrogen) atoms. The molecule has 1 aromatic heterocycles. The van der Waals surface area contributed by atoms with Crippen LogP contribution in [0.4, 0.5) is 17.1 Å². The molecule has 2 unspecified atom stereocenters. The lowest BCUT2D eigenvalue weighted by atomic mass is 9.95. The van der Waals surface area contributed by atoms with Gasteiger partial charge in [0.25, 0.3) is 0 Å². The molecule has 4 rings (SSSR count). The predicted octanol–water partition coefficient (Wildman–Crippen LogP) is 5.40. The number of thioether (sulfide) groups is 1. The Morgan fingerprint density at radius 3 is 2.36 bits per heavy atom. The van der Waals surface area contributed by atoms with Gasteiger partial charge < -0.3 is 16.4 Å². The van der Waals surface area contributed by atoms with Gasteiger partial charge in [0.1, 0.15) is 5.84 Å². The van der Waals surface area contributed by atoms with Crippen LogP contribution in [0.5, 0.6) is 0 Å². The van der Waals surface area contributed by atoms with Crippen LogP contribution in [0.15, 0.2) is 77.0 Å². The Hall–Kier alpha value is -2.48. The Kier molecular flexibility index (Phi) is 6.28. The van der Waals surface area contributed by atoms with Gasteiger partial charge in [0, 0.05) is 22.4 Å². The topological polar surface area (TPSA) is 86.8 Å². The maximum Gasteiger partial charge on any atom is 0.157 e. The van der Waals surface area contributed by atoms with Crippen LogP contribution < -0.4 is 16.4 Å². The number of halogens is 1. The van der Waals surface area contributed by atoms with E-state index >= 15 is 0 Å². The molecule has 1 aliphatic heterocycles. The fraction of sp³-hybridized carbons (Fsp3) is 0.100. The van der Waals surface area contributed by atoms with Crippen LogP contribution in [0.25, 0.3) is 0 Å². The summed E-state index contributed by atoms with van der Waals surface area (Å²) in [4.78, 5) is 3.67. The smallest absolute Gasteiger partial charge is 0.157 e. The summed E-state index contributed by atoms with van der Waals surface area (Å²) in [7, 11) is 0. The average Bonchev–Trinajstić information content (AvgIpc) is 3.34. The largest absolute Gasteiger partial charge is 0.385 e. The van der Waals surface area contributed by atoms with Gasteiger partial charge in [0.05, 0.1) is 17.1 Å². The zero-order valence-corrected chi connectivity index (χ0v) is 17.3. The molecular formula is C20H20ClN5S2. The van der Waals surface area contributed by atoms with Gasteiger partial charge in [-0.3, -0.25) is 5.41 Å². The monoisotopic (exact) mass is 429 g/mol. The van der Waals surface area contributed by atoms with E-state index in [4.69, 9.17) is 11.1 Å². The number of amidine groups is 1. The minimum absolute atomic E-state index is 0. The summed E-state index contributed by atoms with van der Waals surface area (Å²) in [6, 6.07) is 18.0. The van der Waals surface area contributed by atoms with Crippen molar-refractivity contribution in [3.8, 4) is 0 Å². The number of nitrogens with two attached hydrogens (primary N) is 1. The van der Waals surface area contributed by atoms with Crippen LogP contribution in [-0.4, -0.2) is 15.7 Å². The van der Waals surface area contributed by atoms with Gasteiger partial charge in [0.2, 0.25) is 0 Å². The fourth-order valence-corrected chi connectivity index (χ4v) is 4.75. The lowest BCUT2D eigenvalue weighted by Crippen LogP contribution is -2.49. The van der Waals surface area contributed by atoms with Crippen molar-refractivity contribution in [1.29, 1.82) is 5.41 Å². The number of para-hydroxylation sites is 1. The number of rotatable bonds is 6. The van der Waals surface area contributed by atoms with Crippen LogP contribution >= 0.6 is 35.5 Å². The van der Waals surface area contributed by atoms with Crippen molar-refractivity contribution in [1.82, 2.24) is 4.98 Å². The number of aromatic nitrogens is 1. The van der Waals surface area contributed by atoms with E-state index < -0.39 is 4.87 Å². The van der Waals surface area contributed by atoms with Crippen molar-refractivity contribution in [3.63, 3.8) is 0 Å². The van der Waals surface area contributed by atoms with Gasteiger partial charge in [-0.15, -0.1) is 23.7 Å². The van der Waals surface area contributed by atoms with E-state index in [1.165, 1.54) is 11.8 Å². The molecule has 0 spiro atoms. The molecule has 5 N–H and O–H groups in total. The molecule has 144 valence electrons. The number of benzene rings is 2. The van der Waals surface area contributed by atoms with Gasteiger partial charge in [-0.2, -0.15) is 0 Å². The first-order chi connectivity index (χ1) is 13.2. The maximum atomic E-state index is 8.23. The van der Waals surface area contributed by atoms with E-state index in [1.807, 2.05) is 65.4 Å². The van der Waals surface area contributed by atoms with Crippen molar-refractivity contribution in [2.75, 3.05) is 10.6 Å². The van der Waals surface area contributed by atoms with Crippen molar-refractivity contribution in [2.24, 2.45) is 5.73 Å². The molecule has 0 aliphatic carbocycles. The second kappa shape index (κ2) is 8.68. The van der Waals surface area contributed by atoms with Crippen molar-refractivity contribution in [3.05, 3.63) is 82.7 Å². The number of hydrogen-bond acceptors (Lipinski definition) is 6. The first kappa shape index (κ1) is 20.3. The number of nitrogens with one attached hydrogen (secondary N) is 3. The maximum absolute atomic E-state index is 8.23. The zero-order valence-electron chi connectivity index (χ0n) is 14.8. The Morgan fingerprint density at radius 1 is 1.04 bits per heavy atom. The molecule has 0 fully saturated rings. The van der Waals surface area contributed by atoms with Crippen LogP contribution in [0.1, 0.15) is 11.6 Å². The summed E-state index contributed by atoms with van der Waals surface area (Å²) in [5.41, 5.74) is 11.7. The second-order valence-corrected chi connectivity index (χ2v) is 8.05. The van der Waals surface area contributed by atoms with Gasteiger partial charge in [-0.1, -0.05) is 36.0 Å². The lowest BCUT2D eigenvalue weighted by molar-refractivity contribution is 0.729. The summed E-state index contributed by atoms with van der Waals surface area (Å²) in [5, 5.41) is 19.1. The van der Waals surface area contributed by atoms with Crippen molar-refractivity contribution >= 4 is 58.4 Å². The Labute approximate surface area is 178 Å². The first-order valence-corrected chi connectivity index (χ1v) is 10.3. The molecule has 0 amide bonds. The Morgan fingerprint density at radius 2 is 1.71 bits per heavy atom. The quantitative estimate of drug-likeness (QED) is 0.311. The molecule has 0 radical (unpaired) electrons. The molecule has 0 saturated heterocycles. The lowest BCUT2D eigenvalue weighted by Gasteiger charge is -2.34. The third kappa shape index (κ3) is 4.01. The van der Waals surface area contributed by atoms with Crippen LogP contribution in [-0.2, 0) is 0 Å². The SMILES string of the molecule is Cl.N=C(N)C1(Nc2ccc(Nc3ccccc3)cc2)SC=CC1c1cscn1. The Bertz CT molecular complexity index is 944. The number of thiazole rings is 1. The van der Waals surface area contributed by atoms with Gasteiger partial charge in [-0.05, 0) is 41.8 Å². The summed E-state index contributed by atoms with van der Waals surface area (Å²) >= 11 is 3.06. The minimum Gasteiger partial charge on any atom is -0.385 e. The van der Waals surface area contributed by atoms with E-state index in [0.29, 0.717) is 0 Å². The van der Waals surface area contributed by atoms with Crippen molar-refractivity contribution in [2.45, 2.75) is 10.8 Å². The molecule has 2 atom stereocenters. The molecule has 3 aromatic rings. The summed E-state index contributed by atoms with van der Waals surface area (Å²) < 4.78 is 0. The van der Waals surface area contributed by atoms with E-state index in [0.717, 1.165) is 22.8 Å². The molecule has 8 heteroatoms. The molecular weight excluding hydrogens is 410 g/mol. The molecule has 0 saturated carbocycles. The third-order valence-electron chi connectivity index (χ3n) is 4.41. The van der Waals surface area contributed by atoms with Gasteiger partial charge in [-0.25, -0.2) is 4.98 Å². The second-order valence-electron chi connectivity index (χ2n) is 6.18. The van der Waals surface area contributed by atoms with E-state index in [-0.39, 0.29) is 24.2 Å². The summed E-state index contributed by atoms with van der Waals surface area (Å²) in [6.07, 6.45) is 2.06. The highest BCUT2D eigenvalue weighted by molar-refractivity contribution is 8.04. The standard InChI is InChI=1S/C20H19N5S2.ClH/c21-19(22)20(17(10-11-27-20)18-12-26-13-23-18)25-16-8-6-15(7-9-16)24-14-4-2-1-3-5-14;/h1-13,17,24-25H,(H3,21,22);1H. The molecule has 0 bridgehead atoms. The molecule has 2 heterocycles. The molecule has 1 aliphatic rings.